The molecule has 0 radical (unpaired) electrons. The first-order chi connectivity index (χ1) is 11.3. The van der Waals surface area contributed by atoms with Gasteiger partial charge >= 0.3 is 0 Å². The van der Waals surface area contributed by atoms with E-state index in [1.54, 1.807) is 20.8 Å². The fourth-order valence-electron chi connectivity index (χ4n) is 2.03. The van der Waals surface area contributed by atoms with Gasteiger partial charge in [0.2, 0.25) is 0 Å². The number of ether oxygens (including phenoxy) is 1. The molecule has 2 rings (SSSR count). The van der Waals surface area contributed by atoms with Crippen LogP contribution in [-0.2, 0) is 31.6 Å². The van der Waals surface area contributed by atoms with E-state index in [1.807, 2.05) is 54.6 Å². The fourth-order valence-corrected chi connectivity index (χ4v) is 3.17. The molecule has 148 valence electrons. The molecular formula is C19H28FeO4S-6. The summed E-state index contributed by atoms with van der Waals surface area (Å²) >= 11 is 0. The van der Waals surface area contributed by atoms with Gasteiger partial charge in [-0.1, -0.05) is 0 Å². The molecule has 0 saturated carbocycles. The van der Waals surface area contributed by atoms with Crippen LogP contribution < -0.4 is 0 Å². The number of hydrogen-bond acceptors (Lipinski definition) is 4. The molecular weight excluding hydrogens is 380 g/mol. The maximum atomic E-state index is 12.1. The van der Waals surface area contributed by atoms with Gasteiger partial charge < -0.3 is 40.2 Å². The van der Waals surface area contributed by atoms with E-state index < -0.39 is 14.6 Å². The van der Waals surface area contributed by atoms with E-state index in [0.717, 1.165) is 5.56 Å². The van der Waals surface area contributed by atoms with Crippen LogP contribution >= 0.6 is 0 Å². The molecule has 25 heavy (non-hydrogen) atoms. The summed E-state index contributed by atoms with van der Waals surface area (Å²) < 4.78 is 29.0. The van der Waals surface area contributed by atoms with Crippen molar-refractivity contribution in [1.29, 1.82) is 0 Å². The van der Waals surface area contributed by atoms with E-state index in [1.165, 1.54) is 0 Å². The van der Waals surface area contributed by atoms with Gasteiger partial charge in [0.25, 0.3) is 0 Å². The Balaban J connectivity index is 0.000000820. The van der Waals surface area contributed by atoms with Gasteiger partial charge in [0.15, 0.2) is 9.84 Å². The Hall–Kier alpha value is -0.911. The maximum absolute atomic E-state index is 12.1. The molecule has 0 aliphatic rings. The summed E-state index contributed by atoms with van der Waals surface area (Å²) in [5.41, 5.74) is 0.956. The Morgan fingerprint density at radius 2 is 1.56 bits per heavy atom. The van der Waals surface area contributed by atoms with Crippen LogP contribution in [0.1, 0.15) is 38.9 Å². The molecule has 2 aromatic rings. The monoisotopic (exact) mass is 408 g/mol. The molecule has 1 unspecified atom stereocenters. The second-order valence-electron chi connectivity index (χ2n) is 6.48. The molecule has 0 saturated heterocycles. The smallest absolute Gasteiger partial charge is 0.155 e. The number of aliphatic hydroxyl groups is 1. The maximum Gasteiger partial charge on any atom is 0.155 e. The number of aliphatic hydroxyl groups excluding tert-OH is 1. The Bertz CT molecular complexity index is 608. The summed E-state index contributed by atoms with van der Waals surface area (Å²) in [7, 11) is -3.15. The van der Waals surface area contributed by atoms with Crippen LogP contribution in [-0.4, -0.2) is 37.2 Å². The van der Waals surface area contributed by atoms with Crippen molar-refractivity contribution in [2.24, 2.45) is 0 Å². The molecule has 0 heterocycles. The molecule has 2 aromatic carbocycles. The molecule has 4 nitrogen and oxygen atoms in total. The third-order valence-corrected chi connectivity index (χ3v) is 6.25. The number of hydrogen-bond donors (Lipinski definition) is 1. The molecule has 6 heteroatoms. The summed E-state index contributed by atoms with van der Waals surface area (Å²) in [6.45, 7) is 5.26. The zero-order chi connectivity index (χ0) is 18.1. The average Bonchev–Trinajstić information content (AvgIpc) is 3.22. The van der Waals surface area contributed by atoms with Crippen LogP contribution in [0.4, 0.5) is 0 Å². The molecule has 1 atom stereocenters. The summed E-state index contributed by atoms with van der Waals surface area (Å²) in [6.07, 6.45) is 0.128. The van der Waals surface area contributed by atoms with Gasteiger partial charge in [0.05, 0.1) is 23.7 Å². The summed E-state index contributed by atoms with van der Waals surface area (Å²) in [5, 5.41) is 8.83. The minimum Gasteiger partial charge on any atom is -0.748 e. The van der Waals surface area contributed by atoms with E-state index in [2.05, 4.69) is 0 Å². The normalized spacial score (nSPS) is 12.6. The van der Waals surface area contributed by atoms with Crippen LogP contribution in [0.3, 0.4) is 0 Å². The first-order valence-electron chi connectivity index (χ1n) is 8.11. The van der Waals surface area contributed by atoms with E-state index >= 15 is 0 Å². The zero-order valence-corrected chi connectivity index (χ0v) is 17.0. The van der Waals surface area contributed by atoms with Crippen LogP contribution in [0.15, 0.2) is 54.6 Å². The SMILES string of the molecule is CC(C)(C)S(=O)(=O)CCC(OCCO)[c-]1cccc1.[Fe].[cH-]1[cH-][cH-][cH-][cH-]1. The van der Waals surface area contributed by atoms with Gasteiger partial charge in [-0.05, 0) is 27.2 Å². The predicted octanol–water partition coefficient (Wildman–Crippen LogP) is 3.46. The predicted molar refractivity (Wildman–Crippen MR) is 98.0 cm³/mol. The number of sulfone groups is 1. The number of rotatable bonds is 7. The fraction of sp³-hybridized carbons (Fsp3) is 0.474. The summed E-state index contributed by atoms with van der Waals surface area (Å²) in [6, 6.07) is 17.6. The van der Waals surface area contributed by atoms with Crippen LogP contribution in [0.2, 0.25) is 0 Å². The first-order valence-corrected chi connectivity index (χ1v) is 9.76. The summed E-state index contributed by atoms with van der Waals surface area (Å²) in [4.78, 5) is 0. The summed E-state index contributed by atoms with van der Waals surface area (Å²) in [5.74, 6) is 0.0811. The molecule has 0 fully saturated rings. The minimum absolute atomic E-state index is 0. The van der Waals surface area contributed by atoms with Gasteiger partial charge in [-0.25, -0.2) is 20.6 Å². The molecule has 0 aliphatic carbocycles. The Morgan fingerprint density at radius 3 is 1.96 bits per heavy atom. The van der Waals surface area contributed by atoms with Gasteiger partial charge in [-0.2, -0.15) is 12.1 Å². The van der Waals surface area contributed by atoms with E-state index in [0.29, 0.717) is 6.42 Å². The standard InChI is InChI=1S/C14H23O4S.C5H5.Fe/c1-14(2,3)19(16,17)11-8-13(18-10-9-15)12-6-4-5-7-12;1-2-4-5-3-1;/h4-7,13,15H,8-11H2,1-3H3;1-5H;/q-1;-5;. The average molecular weight is 408 g/mol. The Labute approximate surface area is 162 Å². The molecule has 0 aromatic heterocycles. The first kappa shape index (κ1) is 24.1. The van der Waals surface area contributed by atoms with E-state index in [9.17, 15) is 8.42 Å². The Kier molecular flexibility index (Phi) is 11.2. The van der Waals surface area contributed by atoms with Crippen molar-refractivity contribution in [2.45, 2.75) is 38.0 Å². The van der Waals surface area contributed by atoms with Crippen LogP contribution in [0.25, 0.3) is 0 Å². The third-order valence-electron chi connectivity index (χ3n) is 3.61. The molecule has 0 aliphatic heterocycles. The molecule has 0 spiro atoms. The van der Waals surface area contributed by atoms with Crippen molar-refractivity contribution >= 4 is 9.84 Å². The van der Waals surface area contributed by atoms with Crippen molar-refractivity contribution in [3.63, 3.8) is 0 Å². The van der Waals surface area contributed by atoms with Crippen LogP contribution in [0, 0.1) is 0 Å². The van der Waals surface area contributed by atoms with Gasteiger partial charge in [-0.15, -0.1) is 5.56 Å². The molecule has 0 bridgehead atoms. The zero-order valence-electron chi connectivity index (χ0n) is 15.0. The van der Waals surface area contributed by atoms with Gasteiger partial charge in [-0.3, -0.25) is 0 Å². The minimum atomic E-state index is -3.15. The van der Waals surface area contributed by atoms with Crippen molar-refractivity contribution < 1.29 is 35.3 Å². The molecule has 1 N–H and O–H groups in total. The van der Waals surface area contributed by atoms with Gasteiger partial charge in [0.1, 0.15) is 0 Å². The van der Waals surface area contributed by atoms with Crippen molar-refractivity contribution in [2.75, 3.05) is 19.0 Å². The van der Waals surface area contributed by atoms with Crippen molar-refractivity contribution in [3.8, 4) is 0 Å². The third kappa shape index (κ3) is 8.84. The van der Waals surface area contributed by atoms with E-state index in [-0.39, 0.29) is 42.1 Å². The van der Waals surface area contributed by atoms with Crippen molar-refractivity contribution in [1.82, 2.24) is 0 Å². The quantitative estimate of drug-likeness (QED) is 0.563. The van der Waals surface area contributed by atoms with Crippen molar-refractivity contribution in [3.05, 3.63) is 60.2 Å². The van der Waals surface area contributed by atoms with Crippen LogP contribution in [0.5, 0.6) is 0 Å². The topological polar surface area (TPSA) is 63.6 Å². The van der Waals surface area contributed by atoms with Gasteiger partial charge in [0, 0.05) is 23.2 Å². The second-order valence-corrected chi connectivity index (χ2v) is 9.35. The second kappa shape index (κ2) is 11.7. The largest absolute Gasteiger partial charge is 0.748 e. The molecule has 0 amide bonds. The van der Waals surface area contributed by atoms with E-state index in [4.69, 9.17) is 9.84 Å². The Morgan fingerprint density at radius 1 is 1.08 bits per heavy atom.